The second kappa shape index (κ2) is 7.80. The number of amides is 1. The number of nitrogens with zero attached hydrogens (tertiary/aromatic N) is 3. The summed E-state index contributed by atoms with van der Waals surface area (Å²) in [6.45, 7) is 6.13. The van der Waals surface area contributed by atoms with E-state index in [-0.39, 0.29) is 5.91 Å². The first kappa shape index (κ1) is 17.6. The van der Waals surface area contributed by atoms with Gasteiger partial charge in [-0.15, -0.1) is 6.58 Å². The Morgan fingerprint density at radius 2 is 2.12 bits per heavy atom. The van der Waals surface area contributed by atoms with Crippen LogP contribution in [-0.4, -0.2) is 27.5 Å². The Morgan fingerprint density at radius 3 is 2.76 bits per heavy atom. The molecule has 2 aromatic rings. The van der Waals surface area contributed by atoms with E-state index in [2.05, 4.69) is 32.5 Å². The van der Waals surface area contributed by atoms with Gasteiger partial charge in [0.1, 0.15) is 0 Å². The van der Waals surface area contributed by atoms with E-state index >= 15 is 0 Å². The molecule has 0 saturated carbocycles. The van der Waals surface area contributed by atoms with Gasteiger partial charge in [0.25, 0.3) is 5.91 Å². The number of hydrogen-bond acceptors (Lipinski definition) is 4. The topological polar surface area (TPSA) is 45.6 Å². The predicted octanol–water partition coefficient (Wildman–Crippen LogP) is 5.02. The molecule has 4 nitrogen and oxygen atoms in total. The standard InChI is InChI=1S/C19H16BrN3OS/c1-3-11-23-18(24)17(13(2)14-6-8-15(20)9-7-14)25-19(23)22-16-5-4-10-21-12-16/h3-10,12H,1,11H2,2H3/b17-13-,22-19?. The number of aliphatic imine (C=N–C) groups is 1. The molecule has 1 aliphatic rings. The van der Waals surface area contributed by atoms with Crippen molar-refractivity contribution in [1.82, 2.24) is 9.88 Å². The minimum Gasteiger partial charge on any atom is -0.283 e. The first-order chi connectivity index (χ1) is 12.1. The largest absolute Gasteiger partial charge is 0.283 e. The maximum absolute atomic E-state index is 12.9. The lowest BCUT2D eigenvalue weighted by Crippen LogP contribution is -2.29. The molecule has 0 unspecified atom stereocenters. The van der Waals surface area contributed by atoms with Crippen LogP contribution >= 0.6 is 27.7 Å². The van der Waals surface area contributed by atoms with Gasteiger partial charge in [0, 0.05) is 17.2 Å². The number of rotatable bonds is 4. The summed E-state index contributed by atoms with van der Waals surface area (Å²) < 4.78 is 1.01. The fourth-order valence-corrected chi connectivity index (χ4v) is 3.71. The molecule has 1 saturated heterocycles. The van der Waals surface area contributed by atoms with Crippen LogP contribution in [0.2, 0.25) is 0 Å². The molecule has 6 heteroatoms. The van der Waals surface area contributed by atoms with E-state index < -0.39 is 0 Å². The first-order valence-electron chi connectivity index (χ1n) is 7.66. The fraction of sp³-hybridized carbons (Fsp3) is 0.105. The van der Waals surface area contributed by atoms with Crippen molar-refractivity contribution < 1.29 is 4.79 Å². The Kier molecular flexibility index (Phi) is 5.50. The number of pyridine rings is 1. The van der Waals surface area contributed by atoms with E-state index in [1.165, 1.54) is 11.8 Å². The van der Waals surface area contributed by atoms with Crippen molar-refractivity contribution in [1.29, 1.82) is 0 Å². The minimum atomic E-state index is -0.0482. The smallest absolute Gasteiger partial charge is 0.267 e. The van der Waals surface area contributed by atoms with Crippen molar-refractivity contribution in [3.05, 3.63) is 76.4 Å². The Hall–Kier alpha value is -2.18. The number of thioether (sulfide) groups is 1. The van der Waals surface area contributed by atoms with E-state index in [9.17, 15) is 4.79 Å². The molecule has 0 bridgehead atoms. The average molecular weight is 414 g/mol. The second-order valence-electron chi connectivity index (χ2n) is 5.37. The van der Waals surface area contributed by atoms with Gasteiger partial charge in [0.2, 0.25) is 0 Å². The zero-order valence-corrected chi connectivity index (χ0v) is 16.0. The molecule has 2 heterocycles. The van der Waals surface area contributed by atoms with Crippen LogP contribution in [0, 0.1) is 0 Å². The van der Waals surface area contributed by atoms with Crippen molar-refractivity contribution in [2.75, 3.05) is 6.54 Å². The third kappa shape index (κ3) is 3.91. The highest BCUT2D eigenvalue weighted by Crippen LogP contribution is 2.37. The predicted molar refractivity (Wildman–Crippen MR) is 108 cm³/mol. The van der Waals surface area contributed by atoms with Crippen molar-refractivity contribution in [2.24, 2.45) is 4.99 Å². The molecule has 0 atom stereocenters. The molecule has 0 N–H and O–H groups in total. The molecule has 25 heavy (non-hydrogen) atoms. The number of aromatic nitrogens is 1. The summed E-state index contributed by atoms with van der Waals surface area (Å²) in [7, 11) is 0. The lowest BCUT2D eigenvalue weighted by molar-refractivity contribution is -0.121. The summed E-state index contributed by atoms with van der Waals surface area (Å²) in [5.74, 6) is -0.0482. The molecular weight excluding hydrogens is 398 g/mol. The molecule has 1 aromatic heterocycles. The fourth-order valence-electron chi connectivity index (χ4n) is 2.37. The van der Waals surface area contributed by atoms with Crippen LogP contribution in [0.1, 0.15) is 12.5 Å². The van der Waals surface area contributed by atoms with Gasteiger partial charge in [-0.25, -0.2) is 4.99 Å². The van der Waals surface area contributed by atoms with Gasteiger partial charge in [0.15, 0.2) is 5.17 Å². The number of carbonyl (C=O) groups is 1. The Morgan fingerprint density at radius 1 is 1.36 bits per heavy atom. The van der Waals surface area contributed by atoms with Crippen LogP contribution in [0.4, 0.5) is 5.69 Å². The Balaban J connectivity index is 2.01. The van der Waals surface area contributed by atoms with E-state index in [4.69, 9.17) is 0 Å². The number of allylic oxidation sites excluding steroid dienone is 1. The SMILES string of the molecule is C=CCN1C(=O)/C(=C(\C)c2ccc(Br)cc2)SC1=Nc1cccnc1. The van der Waals surface area contributed by atoms with Gasteiger partial charge in [-0.1, -0.05) is 34.1 Å². The van der Waals surface area contributed by atoms with E-state index in [1.807, 2.05) is 43.3 Å². The molecule has 3 rings (SSSR count). The molecule has 0 radical (unpaired) electrons. The minimum absolute atomic E-state index is 0.0482. The van der Waals surface area contributed by atoms with Gasteiger partial charge in [-0.05, 0) is 54.1 Å². The van der Waals surface area contributed by atoms with Gasteiger partial charge in [0.05, 0.1) is 16.8 Å². The van der Waals surface area contributed by atoms with Gasteiger partial charge >= 0.3 is 0 Å². The Bertz CT molecular complexity index is 860. The summed E-state index contributed by atoms with van der Waals surface area (Å²) >= 11 is 4.82. The highest BCUT2D eigenvalue weighted by Gasteiger charge is 2.34. The summed E-state index contributed by atoms with van der Waals surface area (Å²) in [6.07, 6.45) is 5.07. The number of amidine groups is 1. The van der Waals surface area contributed by atoms with Gasteiger partial charge in [-0.3, -0.25) is 14.7 Å². The molecule has 1 fully saturated rings. The number of benzene rings is 1. The van der Waals surface area contributed by atoms with Crippen molar-refractivity contribution in [3.63, 3.8) is 0 Å². The normalized spacial score (nSPS) is 17.9. The van der Waals surface area contributed by atoms with Gasteiger partial charge < -0.3 is 0 Å². The Labute approximate surface area is 159 Å². The molecule has 1 aromatic carbocycles. The quantitative estimate of drug-likeness (QED) is 0.521. The summed E-state index contributed by atoms with van der Waals surface area (Å²) in [5, 5.41) is 0.643. The lowest BCUT2D eigenvalue weighted by atomic mass is 10.1. The monoisotopic (exact) mass is 413 g/mol. The number of carbonyl (C=O) groups excluding carboxylic acids is 1. The van der Waals surface area contributed by atoms with Crippen LogP contribution in [0.25, 0.3) is 5.57 Å². The number of halogens is 1. The van der Waals surface area contributed by atoms with Crippen LogP contribution in [-0.2, 0) is 4.79 Å². The molecule has 0 spiro atoms. The molecular formula is C19H16BrN3OS. The van der Waals surface area contributed by atoms with E-state index in [0.29, 0.717) is 16.6 Å². The molecule has 126 valence electrons. The summed E-state index contributed by atoms with van der Waals surface area (Å²) in [5.41, 5.74) is 2.67. The van der Waals surface area contributed by atoms with Crippen LogP contribution in [0.5, 0.6) is 0 Å². The van der Waals surface area contributed by atoms with Crippen molar-refractivity contribution in [3.8, 4) is 0 Å². The highest BCUT2D eigenvalue weighted by atomic mass is 79.9. The highest BCUT2D eigenvalue weighted by molar-refractivity contribution is 9.10. The molecule has 1 aliphatic heterocycles. The van der Waals surface area contributed by atoms with Crippen LogP contribution < -0.4 is 0 Å². The maximum Gasteiger partial charge on any atom is 0.267 e. The summed E-state index contributed by atoms with van der Waals surface area (Å²) in [6, 6.07) is 11.6. The number of hydrogen-bond donors (Lipinski definition) is 0. The third-order valence-electron chi connectivity index (χ3n) is 3.66. The zero-order valence-electron chi connectivity index (χ0n) is 13.6. The first-order valence-corrected chi connectivity index (χ1v) is 9.27. The zero-order chi connectivity index (χ0) is 17.8. The van der Waals surface area contributed by atoms with Crippen LogP contribution in [0.15, 0.2) is 75.8 Å². The van der Waals surface area contributed by atoms with Crippen LogP contribution in [0.3, 0.4) is 0 Å². The van der Waals surface area contributed by atoms with Crippen molar-refractivity contribution in [2.45, 2.75) is 6.92 Å². The second-order valence-corrected chi connectivity index (χ2v) is 7.27. The summed E-state index contributed by atoms with van der Waals surface area (Å²) in [4.78, 5) is 23.9. The maximum atomic E-state index is 12.9. The van der Waals surface area contributed by atoms with Crippen molar-refractivity contribution >= 4 is 50.0 Å². The van der Waals surface area contributed by atoms with Gasteiger partial charge in [-0.2, -0.15) is 0 Å². The molecule has 1 amide bonds. The molecule has 0 aliphatic carbocycles. The van der Waals surface area contributed by atoms with E-state index in [1.54, 1.807) is 23.4 Å². The van der Waals surface area contributed by atoms with E-state index in [0.717, 1.165) is 21.3 Å². The average Bonchev–Trinajstić information content (AvgIpc) is 2.92. The lowest BCUT2D eigenvalue weighted by Gasteiger charge is -2.12. The third-order valence-corrected chi connectivity index (χ3v) is 5.37.